The van der Waals surface area contributed by atoms with Crippen LogP contribution in [-0.4, -0.2) is 41.7 Å². The summed E-state index contributed by atoms with van der Waals surface area (Å²) in [6, 6.07) is 12.6. The Morgan fingerprint density at radius 1 is 1.18 bits per heavy atom. The molecule has 0 atom stereocenters. The molecule has 0 saturated heterocycles. The standard InChI is InChI=1S/C19H20ClN5O3/c1-27-15-8-7-12(11-16(15)28-2)9-10-22-19(26)17-18(21)25(24-23-17)14-6-4-3-5-13(14)20/h3-8,11H,9-10,21H2,1-2H3,(H,22,26). The van der Waals surface area contributed by atoms with E-state index in [1.807, 2.05) is 18.2 Å². The zero-order valence-corrected chi connectivity index (χ0v) is 16.2. The maximum atomic E-state index is 12.4. The summed E-state index contributed by atoms with van der Waals surface area (Å²) < 4.78 is 11.8. The fourth-order valence-corrected chi connectivity index (χ4v) is 2.91. The highest BCUT2D eigenvalue weighted by Crippen LogP contribution is 2.27. The van der Waals surface area contributed by atoms with E-state index < -0.39 is 5.91 Å². The lowest BCUT2D eigenvalue weighted by Gasteiger charge is -2.10. The minimum atomic E-state index is -0.406. The Morgan fingerprint density at radius 2 is 1.93 bits per heavy atom. The highest BCUT2D eigenvalue weighted by atomic mass is 35.5. The van der Waals surface area contributed by atoms with Gasteiger partial charge in [-0.1, -0.05) is 35.0 Å². The van der Waals surface area contributed by atoms with Crippen molar-refractivity contribution < 1.29 is 14.3 Å². The summed E-state index contributed by atoms with van der Waals surface area (Å²) in [5, 5.41) is 11.1. The van der Waals surface area contributed by atoms with Gasteiger partial charge >= 0.3 is 0 Å². The fraction of sp³-hybridized carbons (Fsp3) is 0.211. The lowest BCUT2D eigenvalue weighted by atomic mass is 10.1. The Labute approximate surface area is 167 Å². The molecule has 1 aromatic heterocycles. The third kappa shape index (κ3) is 4.01. The van der Waals surface area contributed by atoms with Crippen molar-refractivity contribution in [1.29, 1.82) is 0 Å². The first kappa shape index (κ1) is 19.5. The normalized spacial score (nSPS) is 10.5. The van der Waals surface area contributed by atoms with Gasteiger partial charge in [0.15, 0.2) is 23.0 Å². The van der Waals surface area contributed by atoms with Crippen molar-refractivity contribution in [2.24, 2.45) is 0 Å². The van der Waals surface area contributed by atoms with Gasteiger partial charge in [-0.15, -0.1) is 5.10 Å². The number of nitrogens with two attached hydrogens (primary N) is 1. The van der Waals surface area contributed by atoms with Gasteiger partial charge in [-0.25, -0.2) is 0 Å². The van der Waals surface area contributed by atoms with E-state index in [9.17, 15) is 4.79 Å². The van der Waals surface area contributed by atoms with E-state index in [0.29, 0.717) is 35.2 Å². The van der Waals surface area contributed by atoms with Crippen LogP contribution >= 0.6 is 11.6 Å². The minimum absolute atomic E-state index is 0.0484. The number of halogens is 1. The average molecular weight is 402 g/mol. The number of nitrogens with zero attached hydrogens (tertiary/aromatic N) is 3. The maximum Gasteiger partial charge on any atom is 0.275 e. The molecule has 0 saturated carbocycles. The Balaban J connectivity index is 1.66. The van der Waals surface area contributed by atoms with E-state index in [1.165, 1.54) is 4.68 Å². The Bertz CT molecular complexity index is 989. The number of para-hydroxylation sites is 1. The number of aromatic nitrogens is 3. The highest BCUT2D eigenvalue weighted by molar-refractivity contribution is 6.32. The number of anilines is 1. The Hall–Kier alpha value is -3.26. The molecule has 9 heteroatoms. The molecule has 1 heterocycles. The number of benzene rings is 2. The van der Waals surface area contributed by atoms with E-state index in [-0.39, 0.29) is 11.5 Å². The zero-order chi connectivity index (χ0) is 20.1. The number of methoxy groups -OCH3 is 2. The van der Waals surface area contributed by atoms with Crippen LogP contribution in [0.2, 0.25) is 5.02 Å². The average Bonchev–Trinajstić information content (AvgIpc) is 3.09. The molecular weight excluding hydrogens is 382 g/mol. The summed E-state index contributed by atoms with van der Waals surface area (Å²) in [6.45, 7) is 0.396. The molecular formula is C19H20ClN5O3. The molecule has 0 fully saturated rings. The quantitative estimate of drug-likeness (QED) is 0.630. The molecule has 0 aliphatic carbocycles. The van der Waals surface area contributed by atoms with Crippen LogP contribution in [0.5, 0.6) is 11.5 Å². The first-order chi connectivity index (χ1) is 13.5. The lowest BCUT2D eigenvalue weighted by Crippen LogP contribution is -2.27. The van der Waals surface area contributed by atoms with Gasteiger partial charge in [0.1, 0.15) is 0 Å². The van der Waals surface area contributed by atoms with E-state index in [0.717, 1.165) is 5.56 Å². The molecule has 1 amide bonds. The summed E-state index contributed by atoms with van der Waals surface area (Å²) in [5.41, 5.74) is 7.64. The van der Waals surface area contributed by atoms with Crippen molar-refractivity contribution in [3.05, 3.63) is 58.7 Å². The topological polar surface area (TPSA) is 104 Å². The van der Waals surface area contributed by atoms with Gasteiger partial charge in [-0.05, 0) is 36.2 Å². The summed E-state index contributed by atoms with van der Waals surface area (Å²) >= 11 is 6.15. The monoisotopic (exact) mass is 401 g/mol. The minimum Gasteiger partial charge on any atom is -0.493 e. The Morgan fingerprint density at radius 3 is 2.64 bits per heavy atom. The van der Waals surface area contributed by atoms with Gasteiger partial charge in [-0.2, -0.15) is 4.68 Å². The molecule has 0 unspecified atom stereocenters. The van der Waals surface area contributed by atoms with Crippen molar-refractivity contribution in [3.63, 3.8) is 0 Å². The second-order valence-electron chi connectivity index (χ2n) is 5.88. The molecule has 28 heavy (non-hydrogen) atoms. The summed E-state index contributed by atoms with van der Waals surface area (Å²) in [6.07, 6.45) is 0.602. The van der Waals surface area contributed by atoms with E-state index in [2.05, 4.69) is 15.6 Å². The zero-order valence-electron chi connectivity index (χ0n) is 15.5. The van der Waals surface area contributed by atoms with Crippen LogP contribution < -0.4 is 20.5 Å². The van der Waals surface area contributed by atoms with Crippen molar-refractivity contribution >= 4 is 23.3 Å². The fourth-order valence-electron chi connectivity index (χ4n) is 2.69. The molecule has 0 spiro atoms. The molecule has 0 aliphatic heterocycles. The SMILES string of the molecule is COc1ccc(CCNC(=O)c2nnn(-c3ccccc3Cl)c2N)cc1OC. The van der Waals surface area contributed by atoms with E-state index >= 15 is 0 Å². The van der Waals surface area contributed by atoms with Gasteiger partial charge in [0.25, 0.3) is 5.91 Å². The van der Waals surface area contributed by atoms with Crippen LogP contribution in [0, 0.1) is 0 Å². The molecule has 0 radical (unpaired) electrons. The highest BCUT2D eigenvalue weighted by Gasteiger charge is 2.19. The number of rotatable bonds is 7. The van der Waals surface area contributed by atoms with Crippen LogP contribution in [0.15, 0.2) is 42.5 Å². The maximum absolute atomic E-state index is 12.4. The van der Waals surface area contributed by atoms with Crippen LogP contribution in [-0.2, 0) is 6.42 Å². The van der Waals surface area contributed by atoms with Gasteiger partial charge in [0.05, 0.1) is 24.9 Å². The molecule has 3 rings (SSSR count). The van der Waals surface area contributed by atoms with Crippen molar-refractivity contribution in [2.75, 3.05) is 26.5 Å². The lowest BCUT2D eigenvalue weighted by molar-refractivity contribution is 0.0950. The molecule has 3 aromatic rings. The summed E-state index contributed by atoms with van der Waals surface area (Å²) in [4.78, 5) is 12.4. The second-order valence-corrected chi connectivity index (χ2v) is 6.29. The summed E-state index contributed by atoms with van der Waals surface area (Å²) in [7, 11) is 3.16. The Kier molecular flexibility index (Phi) is 6.00. The van der Waals surface area contributed by atoms with Crippen LogP contribution in [0.4, 0.5) is 5.82 Å². The number of nitrogens with one attached hydrogen (secondary N) is 1. The third-order valence-corrected chi connectivity index (χ3v) is 4.47. The van der Waals surface area contributed by atoms with E-state index in [4.69, 9.17) is 26.8 Å². The van der Waals surface area contributed by atoms with Crippen LogP contribution in [0.3, 0.4) is 0 Å². The van der Waals surface area contributed by atoms with Crippen molar-refractivity contribution in [2.45, 2.75) is 6.42 Å². The molecule has 8 nitrogen and oxygen atoms in total. The number of hydrogen-bond acceptors (Lipinski definition) is 6. The molecule has 0 aliphatic rings. The predicted molar refractivity (Wildman–Crippen MR) is 106 cm³/mol. The second kappa shape index (κ2) is 8.62. The molecule has 0 bridgehead atoms. The third-order valence-electron chi connectivity index (χ3n) is 4.15. The van der Waals surface area contributed by atoms with Crippen LogP contribution in [0.1, 0.15) is 16.1 Å². The van der Waals surface area contributed by atoms with Gasteiger partial charge in [0, 0.05) is 6.54 Å². The number of carbonyl (C=O) groups excluding carboxylic acids is 1. The largest absolute Gasteiger partial charge is 0.493 e. The van der Waals surface area contributed by atoms with Crippen molar-refractivity contribution in [3.8, 4) is 17.2 Å². The smallest absolute Gasteiger partial charge is 0.275 e. The van der Waals surface area contributed by atoms with Gasteiger partial charge < -0.3 is 20.5 Å². The van der Waals surface area contributed by atoms with E-state index in [1.54, 1.807) is 38.5 Å². The number of ether oxygens (including phenoxy) is 2. The summed E-state index contributed by atoms with van der Waals surface area (Å²) in [5.74, 6) is 1.01. The van der Waals surface area contributed by atoms with Gasteiger partial charge in [0.2, 0.25) is 0 Å². The van der Waals surface area contributed by atoms with Gasteiger partial charge in [-0.3, -0.25) is 4.79 Å². The number of carbonyl (C=O) groups is 1. The van der Waals surface area contributed by atoms with Crippen molar-refractivity contribution in [1.82, 2.24) is 20.3 Å². The molecule has 2 aromatic carbocycles. The number of nitrogen functional groups attached to an aromatic ring is 1. The number of amides is 1. The molecule has 3 N–H and O–H groups in total. The first-order valence-corrected chi connectivity index (χ1v) is 8.88. The van der Waals surface area contributed by atoms with Crippen LogP contribution in [0.25, 0.3) is 5.69 Å². The number of hydrogen-bond donors (Lipinski definition) is 2. The predicted octanol–water partition coefficient (Wildman–Crippen LogP) is 2.49. The first-order valence-electron chi connectivity index (χ1n) is 8.50. The molecule has 146 valence electrons.